The Labute approximate surface area is 119 Å². The third kappa shape index (κ3) is 2.16. The van der Waals surface area contributed by atoms with Gasteiger partial charge in [-0.2, -0.15) is 0 Å². The zero-order valence-corrected chi connectivity index (χ0v) is 12.1. The lowest BCUT2D eigenvalue weighted by molar-refractivity contribution is 1.08. The zero-order valence-electron chi connectivity index (χ0n) is 12.1. The van der Waals surface area contributed by atoms with Gasteiger partial charge in [-0.25, -0.2) is 4.98 Å². The molecule has 3 aromatic rings. The van der Waals surface area contributed by atoms with Crippen molar-refractivity contribution in [2.45, 2.75) is 13.3 Å². The number of imidazole rings is 1. The van der Waals surface area contributed by atoms with Gasteiger partial charge in [-0.3, -0.25) is 0 Å². The molecule has 0 unspecified atom stereocenters. The molecule has 0 atom stereocenters. The molecule has 102 valence electrons. The lowest BCUT2D eigenvalue weighted by Crippen LogP contribution is -2.09. The van der Waals surface area contributed by atoms with Crippen LogP contribution in [0.4, 0.5) is 5.69 Å². The standard InChI is InChI=1S/C17H19N3/c1-12-16(19-11-18-12)10-13-8-9-17(20(2)3)15-7-5-4-6-14(13)15/h4-9,11H,10H2,1-3H3,(H,18,19). The van der Waals surface area contributed by atoms with Crippen molar-refractivity contribution in [2.24, 2.45) is 0 Å². The Morgan fingerprint density at radius 2 is 1.80 bits per heavy atom. The predicted molar refractivity (Wildman–Crippen MR) is 84.4 cm³/mol. The van der Waals surface area contributed by atoms with Crippen molar-refractivity contribution in [3.8, 4) is 0 Å². The van der Waals surface area contributed by atoms with Gasteiger partial charge in [0.15, 0.2) is 0 Å². The van der Waals surface area contributed by atoms with Gasteiger partial charge in [-0.05, 0) is 23.9 Å². The first kappa shape index (κ1) is 12.7. The van der Waals surface area contributed by atoms with Gasteiger partial charge in [-0.1, -0.05) is 30.3 Å². The van der Waals surface area contributed by atoms with Crippen LogP contribution in [0.1, 0.15) is 17.0 Å². The maximum atomic E-state index is 4.41. The SMILES string of the molecule is Cc1[nH]cnc1Cc1ccc(N(C)C)c2ccccc12. The topological polar surface area (TPSA) is 31.9 Å². The molecule has 1 aromatic heterocycles. The molecule has 0 radical (unpaired) electrons. The van der Waals surface area contributed by atoms with Gasteiger partial charge in [0.2, 0.25) is 0 Å². The van der Waals surface area contributed by atoms with Crippen molar-refractivity contribution in [1.29, 1.82) is 0 Å². The molecule has 20 heavy (non-hydrogen) atoms. The summed E-state index contributed by atoms with van der Waals surface area (Å²) in [6.07, 6.45) is 2.63. The number of benzene rings is 2. The van der Waals surface area contributed by atoms with Crippen LogP contribution in [0.2, 0.25) is 0 Å². The quantitative estimate of drug-likeness (QED) is 0.785. The van der Waals surface area contributed by atoms with Crippen molar-refractivity contribution < 1.29 is 0 Å². The van der Waals surface area contributed by atoms with Crippen LogP contribution in [-0.4, -0.2) is 24.1 Å². The average Bonchev–Trinajstić information content (AvgIpc) is 2.84. The molecule has 3 heteroatoms. The summed E-state index contributed by atoms with van der Waals surface area (Å²) < 4.78 is 0. The molecule has 0 saturated carbocycles. The van der Waals surface area contributed by atoms with Gasteiger partial charge in [0.05, 0.1) is 12.0 Å². The molecule has 3 nitrogen and oxygen atoms in total. The number of aryl methyl sites for hydroxylation is 1. The molecular weight excluding hydrogens is 246 g/mol. The number of aromatic nitrogens is 2. The first-order valence-electron chi connectivity index (χ1n) is 6.83. The Morgan fingerprint density at radius 3 is 2.45 bits per heavy atom. The molecular formula is C17H19N3. The Morgan fingerprint density at radius 1 is 1.05 bits per heavy atom. The lowest BCUT2D eigenvalue weighted by atomic mass is 9.98. The zero-order chi connectivity index (χ0) is 14.1. The van der Waals surface area contributed by atoms with E-state index in [1.165, 1.54) is 22.0 Å². The van der Waals surface area contributed by atoms with E-state index in [4.69, 9.17) is 0 Å². The largest absolute Gasteiger partial charge is 0.377 e. The number of fused-ring (bicyclic) bond motifs is 1. The van der Waals surface area contributed by atoms with Gasteiger partial charge in [0.25, 0.3) is 0 Å². The van der Waals surface area contributed by atoms with Crippen LogP contribution in [0.5, 0.6) is 0 Å². The van der Waals surface area contributed by atoms with E-state index in [1.807, 2.05) is 0 Å². The van der Waals surface area contributed by atoms with Gasteiger partial charge >= 0.3 is 0 Å². The number of H-pyrrole nitrogens is 1. The molecule has 0 spiro atoms. The fourth-order valence-corrected chi connectivity index (χ4v) is 2.64. The number of nitrogens with one attached hydrogen (secondary N) is 1. The summed E-state index contributed by atoms with van der Waals surface area (Å²) in [7, 11) is 4.17. The number of aromatic amines is 1. The monoisotopic (exact) mass is 265 g/mol. The molecule has 0 amide bonds. The summed E-state index contributed by atoms with van der Waals surface area (Å²) in [5.41, 5.74) is 4.84. The van der Waals surface area contributed by atoms with Crippen LogP contribution in [0.15, 0.2) is 42.7 Å². The molecule has 2 aromatic carbocycles. The van der Waals surface area contributed by atoms with Gasteiger partial charge in [0, 0.05) is 37.3 Å². The summed E-state index contributed by atoms with van der Waals surface area (Å²) in [6, 6.07) is 13.0. The van der Waals surface area contributed by atoms with Crippen molar-refractivity contribution in [3.05, 3.63) is 59.7 Å². The number of hydrogen-bond acceptors (Lipinski definition) is 2. The van der Waals surface area contributed by atoms with E-state index in [9.17, 15) is 0 Å². The molecule has 1 N–H and O–H groups in total. The van der Waals surface area contributed by atoms with Gasteiger partial charge in [-0.15, -0.1) is 0 Å². The van der Waals surface area contributed by atoms with Crippen LogP contribution in [0, 0.1) is 6.92 Å². The summed E-state index contributed by atoms with van der Waals surface area (Å²) in [6.45, 7) is 2.07. The van der Waals surface area contributed by atoms with Crippen molar-refractivity contribution in [3.63, 3.8) is 0 Å². The molecule has 1 heterocycles. The summed E-state index contributed by atoms with van der Waals surface area (Å²) >= 11 is 0. The lowest BCUT2D eigenvalue weighted by Gasteiger charge is -2.17. The highest BCUT2D eigenvalue weighted by Crippen LogP contribution is 2.29. The minimum atomic E-state index is 0.865. The number of rotatable bonds is 3. The molecule has 0 aliphatic rings. The third-order valence-corrected chi connectivity index (χ3v) is 3.77. The van der Waals surface area contributed by atoms with Gasteiger partial charge < -0.3 is 9.88 Å². The van der Waals surface area contributed by atoms with Crippen LogP contribution in [-0.2, 0) is 6.42 Å². The summed E-state index contributed by atoms with van der Waals surface area (Å²) in [4.78, 5) is 9.72. The van der Waals surface area contributed by atoms with E-state index in [0.717, 1.165) is 17.8 Å². The van der Waals surface area contributed by atoms with E-state index in [2.05, 4.69) is 72.3 Å². The van der Waals surface area contributed by atoms with E-state index < -0.39 is 0 Å². The maximum Gasteiger partial charge on any atom is 0.0925 e. The van der Waals surface area contributed by atoms with Crippen LogP contribution < -0.4 is 4.90 Å². The second kappa shape index (κ2) is 5.00. The van der Waals surface area contributed by atoms with E-state index >= 15 is 0 Å². The van der Waals surface area contributed by atoms with Crippen LogP contribution >= 0.6 is 0 Å². The molecule has 3 rings (SSSR count). The van der Waals surface area contributed by atoms with E-state index in [1.54, 1.807) is 6.33 Å². The molecule has 0 bridgehead atoms. The second-order valence-electron chi connectivity index (χ2n) is 5.33. The number of hydrogen-bond donors (Lipinski definition) is 1. The minimum absolute atomic E-state index is 0.865. The minimum Gasteiger partial charge on any atom is -0.377 e. The predicted octanol–water partition coefficient (Wildman–Crippen LogP) is 3.53. The molecule has 0 aliphatic carbocycles. The summed E-state index contributed by atoms with van der Waals surface area (Å²) in [5, 5.41) is 2.60. The number of nitrogens with zero attached hydrogens (tertiary/aromatic N) is 2. The summed E-state index contributed by atoms with van der Waals surface area (Å²) in [5.74, 6) is 0. The van der Waals surface area contributed by atoms with Crippen molar-refractivity contribution in [2.75, 3.05) is 19.0 Å². The molecule has 0 aliphatic heterocycles. The Kier molecular flexibility index (Phi) is 3.18. The average molecular weight is 265 g/mol. The Hall–Kier alpha value is -2.29. The normalized spacial score (nSPS) is 10.9. The smallest absolute Gasteiger partial charge is 0.0925 e. The van der Waals surface area contributed by atoms with Crippen LogP contribution in [0.3, 0.4) is 0 Å². The Bertz CT molecular complexity index is 741. The first-order valence-corrected chi connectivity index (χ1v) is 6.83. The van der Waals surface area contributed by atoms with E-state index in [0.29, 0.717) is 0 Å². The fraction of sp³-hybridized carbons (Fsp3) is 0.235. The van der Waals surface area contributed by atoms with Gasteiger partial charge in [0.1, 0.15) is 0 Å². The Balaban J connectivity index is 2.13. The highest BCUT2D eigenvalue weighted by molar-refractivity contribution is 5.96. The molecule has 0 saturated heterocycles. The first-order chi connectivity index (χ1) is 9.66. The number of anilines is 1. The van der Waals surface area contributed by atoms with Crippen molar-refractivity contribution in [1.82, 2.24) is 9.97 Å². The van der Waals surface area contributed by atoms with Crippen molar-refractivity contribution >= 4 is 16.5 Å². The van der Waals surface area contributed by atoms with E-state index in [-0.39, 0.29) is 0 Å². The second-order valence-corrected chi connectivity index (χ2v) is 5.33. The highest BCUT2D eigenvalue weighted by atomic mass is 15.1. The third-order valence-electron chi connectivity index (χ3n) is 3.77. The fourth-order valence-electron chi connectivity index (χ4n) is 2.64. The highest BCUT2D eigenvalue weighted by Gasteiger charge is 2.09. The van der Waals surface area contributed by atoms with Crippen LogP contribution in [0.25, 0.3) is 10.8 Å². The maximum absolute atomic E-state index is 4.41. The molecule has 0 fully saturated rings.